The van der Waals surface area contributed by atoms with Gasteiger partial charge in [0, 0.05) is 42.8 Å². The fourth-order valence-corrected chi connectivity index (χ4v) is 4.02. The van der Waals surface area contributed by atoms with Crippen molar-refractivity contribution < 1.29 is 5.11 Å². The quantitative estimate of drug-likeness (QED) is 0.527. The number of pyridine rings is 1. The summed E-state index contributed by atoms with van der Waals surface area (Å²) in [5, 5.41) is 11.1. The highest BCUT2D eigenvalue weighted by molar-refractivity contribution is 6.32. The summed E-state index contributed by atoms with van der Waals surface area (Å²) in [6.07, 6.45) is 0. The molecule has 142 valence electrons. The topological polar surface area (TPSA) is 55.4 Å². The van der Waals surface area contributed by atoms with Crippen molar-refractivity contribution >= 4 is 39.2 Å². The molecule has 3 heterocycles. The number of fused-ring (bicyclic) bond motifs is 3. The van der Waals surface area contributed by atoms with Crippen molar-refractivity contribution in [3.8, 4) is 17.0 Å². The van der Waals surface area contributed by atoms with Crippen LogP contribution in [-0.2, 0) is 0 Å². The molecule has 2 aromatic heterocycles. The van der Waals surface area contributed by atoms with E-state index in [0.717, 1.165) is 59.4 Å². The van der Waals surface area contributed by atoms with E-state index in [9.17, 15) is 5.11 Å². The molecule has 0 radical (unpaired) electrons. The van der Waals surface area contributed by atoms with Crippen LogP contribution in [0.2, 0.25) is 5.02 Å². The monoisotopic (exact) mass is 392 g/mol. The van der Waals surface area contributed by atoms with Crippen LogP contribution in [0.25, 0.3) is 33.2 Å². The summed E-state index contributed by atoms with van der Waals surface area (Å²) in [5.74, 6) is 0.0787. The number of hydrogen-bond donors (Lipinski definition) is 2. The lowest BCUT2D eigenvalue weighted by Crippen LogP contribution is -2.44. The molecule has 0 amide bonds. The standard InChI is InChI=1S/C22H21ClN4O/c1-26-8-10-27(11-9-26)15-3-4-16-20(13-15)24-19-6-5-18(25-22(16)19)14-2-7-21(28)17(23)12-14/h2-7,12-13,24,28H,8-11H2,1H3. The van der Waals surface area contributed by atoms with E-state index in [2.05, 4.69) is 40.0 Å². The van der Waals surface area contributed by atoms with E-state index in [1.807, 2.05) is 18.2 Å². The third-order valence-corrected chi connectivity index (χ3v) is 5.84. The molecule has 0 unspecified atom stereocenters. The first kappa shape index (κ1) is 17.3. The number of anilines is 1. The SMILES string of the molecule is CN1CCN(c2ccc3c(c2)[nH]c2ccc(-c4ccc(O)c(Cl)c4)nc23)CC1. The maximum atomic E-state index is 9.65. The summed E-state index contributed by atoms with van der Waals surface area (Å²) in [6, 6.07) is 15.8. The largest absolute Gasteiger partial charge is 0.506 e. The Balaban J connectivity index is 1.55. The van der Waals surface area contributed by atoms with Gasteiger partial charge in [0.2, 0.25) is 0 Å². The predicted octanol–water partition coefficient (Wildman–Crippen LogP) is 4.49. The zero-order valence-electron chi connectivity index (χ0n) is 15.6. The Bertz CT molecular complexity index is 1180. The van der Waals surface area contributed by atoms with Gasteiger partial charge in [-0.15, -0.1) is 0 Å². The third kappa shape index (κ3) is 2.97. The van der Waals surface area contributed by atoms with Crippen LogP contribution < -0.4 is 4.90 Å². The van der Waals surface area contributed by atoms with Crippen molar-refractivity contribution in [2.75, 3.05) is 38.1 Å². The first-order chi connectivity index (χ1) is 13.6. The number of nitrogens with zero attached hydrogens (tertiary/aromatic N) is 3. The average Bonchev–Trinajstić information content (AvgIpc) is 3.07. The maximum absolute atomic E-state index is 9.65. The second-order valence-corrected chi connectivity index (χ2v) is 7.81. The zero-order valence-corrected chi connectivity index (χ0v) is 16.4. The number of aromatic amines is 1. The van der Waals surface area contributed by atoms with Gasteiger partial charge >= 0.3 is 0 Å². The van der Waals surface area contributed by atoms with Gasteiger partial charge in [0.15, 0.2) is 0 Å². The van der Waals surface area contributed by atoms with Gasteiger partial charge in [-0.3, -0.25) is 0 Å². The summed E-state index contributed by atoms with van der Waals surface area (Å²) >= 11 is 6.06. The van der Waals surface area contributed by atoms with E-state index in [1.165, 1.54) is 5.69 Å². The summed E-state index contributed by atoms with van der Waals surface area (Å²) in [4.78, 5) is 13.2. The van der Waals surface area contributed by atoms with E-state index < -0.39 is 0 Å². The molecule has 1 aliphatic heterocycles. The molecule has 5 rings (SSSR count). The minimum Gasteiger partial charge on any atom is -0.506 e. The van der Waals surface area contributed by atoms with E-state index in [-0.39, 0.29) is 5.75 Å². The highest BCUT2D eigenvalue weighted by Gasteiger charge is 2.16. The average molecular weight is 393 g/mol. The van der Waals surface area contributed by atoms with Gasteiger partial charge in [-0.2, -0.15) is 0 Å². The third-order valence-electron chi connectivity index (χ3n) is 5.53. The maximum Gasteiger partial charge on any atom is 0.134 e. The number of halogens is 1. The van der Waals surface area contributed by atoms with Crippen LogP contribution in [0.15, 0.2) is 48.5 Å². The fourth-order valence-electron chi connectivity index (χ4n) is 3.84. The van der Waals surface area contributed by atoms with Crippen LogP contribution in [-0.4, -0.2) is 53.2 Å². The predicted molar refractivity (Wildman–Crippen MR) is 115 cm³/mol. The summed E-state index contributed by atoms with van der Waals surface area (Å²) in [7, 11) is 2.17. The molecule has 1 aliphatic rings. The van der Waals surface area contributed by atoms with Crippen LogP contribution in [0.1, 0.15) is 0 Å². The first-order valence-electron chi connectivity index (χ1n) is 9.43. The zero-order chi connectivity index (χ0) is 19.3. The van der Waals surface area contributed by atoms with E-state index in [1.54, 1.807) is 12.1 Å². The lowest BCUT2D eigenvalue weighted by Gasteiger charge is -2.34. The number of rotatable bonds is 2. The Morgan fingerprint density at radius 2 is 1.79 bits per heavy atom. The van der Waals surface area contributed by atoms with Crippen LogP contribution >= 0.6 is 11.6 Å². The molecular formula is C22H21ClN4O. The van der Waals surface area contributed by atoms with Gasteiger partial charge in [0.05, 0.1) is 27.3 Å². The van der Waals surface area contributed by atoms with Gasteiger partial charge in [-0.25, -0.2) is 4.98 Å². The first-order valence-corrected chi connectivity index (χ1v) is 9.81. The van der Waals surface area contributed by atoms with Gasteiger partial charge < -0.3 is 19.9 Å². The number of H-pyrrole nitrogens is 1. The van der Waals surface area contributed by atoms with Gasteiger partial charge in [0.1, 0.15) is 5.75 Å². The van der Waals surface area contributed by atoms with Crippen molar-refractivity contribution in [3.05, 3.63) is 53.6 Å². The molecule has 5 nitrogen and oxygen atoms in total. The number of benzene rings is 2. The Morgan fingerprint density at radius 3 is 2.57 bits per heavy atom. The molecule has 1 saturated heterocycles. The highest BCUT2D eigenvalue weighted by atomic mass is 35.5. The smallest absolute Gasteiger partial charge is 0.134 e. The molecule has 0 aliphatic carbocycles. The van der Waals surface area contributed by atoms with Gasteiger partial charge in [-0.1, -0.05) is 11.6 Å². The van der Waals surface area contributed by atoms with Crippen LogP contribution in [0, 0.1) is 0 Å². The molecule has 28 heavy (non-hydrogen) atoms. The lowest BCUT2D eigenvalue weighted by molar-refractivity contribution is 0.313. The molecule has 2 aromatic carbocycles. The van der Waals surface area contributed by atoms with Crippen molar-refractivity contribution in [2.24, 2.45) is 0 Å². The molecule has 0 atom stereocenters. The highest BCUT2D eigenvalue weighted by Crippen LogP contribution is 2.32. The number of likely N-dealkylation sites (N-methyl/N-ethyl adjacent to an activating group) is 1. The van der Waals surface area contributed by atoms with Crippen molar-refractivity contribution in [1.29, 1.82) is 0 Å². The Hall–Kier alpha value is -2.76. The van der Waals surface area contributed by atoms with Crippen LogP contribution in [0.4, 0.5) is 5.69 Å². The number of phenols is 1. The molecule has 6 heteroatoms. The number of aromatic hydroxyl groups is 1. The number of nitrogens with one attached hydrogen (secondary N) is 1. The van der Waals surface area contributed by atoms with E-state index in [4.69, 9.17) is 16.6 Å². The van der Waals surface area contributed by atoms with Gasteiger partial charge in [0.25, 0.3) is 0 Å². The van der Waals surface area contributed by atoms with Crippen molar-refractivity contribution in [3.63, 3.8) is 0 Å². The second kappa shape index (κ2) is 6.69. The summed E-state index contributed by atoms with van der Waals surface area (Å²) < 4.78 is 0. The second-order valence-electron chi connectivity index (χ2n) is 7.40. The van der Waals surface area contributed by atoms with Crippen LogP contribution in [0.5, 0.6) is 5.75 Å². The Kier molecular flexibility index (Phi) is 4.14. The number of phenolic OH excluding ortho intramolecular Hbond substituents is 1. The van der Waals surface area contributed by atoms with Crippen LogP contribution in [0.3, 0.4) is 0 Å². The van der Waals surface area contributed by atoms with Gasteiger partial charge in [-0.05, 0) is 55.6 Å². The van der Waals surface area contributed by atoms with Crippen molar-refractivity contribution in [1.82, 2.24) is 14.9 Å². The molecule has 4 aromatic rings. The number of aromatic nitrogens is 2. The minimum absolute atomic E-state index is 0.0787. The molecule has 2 N–H and O–H groups in total. The normalized spacial score (nSPS) is 15.6. The number of hydrogen-bond acceptors (Lipinski definition) is 4. The summed E-state index contributed by atoms with van der Waals surface area (Å²) in [5.41, 5.74) is 6.02. The van der Waals surface area contributed by atoms with E-state index in [0.29, 0.717) is 5.02 Å². The Morgan fingerprint density at radius 1 is 0.964 bits per heavy atom. The lowest BCUT2D eigenvalue weighted by atomic mass is 10.1. The molecular weight excluding hydrogens is 372 g/mol. The van der Waals surface area contributed by atoms with E-state index >= 15 is 0 Å². The molecule has 0 spiro atoms. The number of piperazine rings is 1. The minimum atomic E-state index is 0.0787. The molecule has 0 saturated carbocycles. The molecule has 0 bridgehead atoms. The van der Waals surface area contributed by atoms with Crippen molar-refractivity contribution in [2.45, 2.75) is 0 Å². The Labute approximate surface area is 168 Å². The molecule has 1 fully saturated rings. The fraction of sp³-hybridized carbons (Fsp3) is 0.227. The summed E-state index contributed by atoms with van der Waals surface area (Å²) in [6.45, 7) is 4.27.